The number of carbonyl (C=O) groups is 2. The van der Waals surface area contributed by atoms with Gasteiger partial charge >= 0.3 is 5.97 Å². The highest BCUT2D eigenvalue weighted by atomic mass is 16.4. The summed E-state index contributed by atoms with van der Waals surface area (Å²) in [6.45, 7) is 6.42. The molecule has 0 spiro atoms. The van der Waals surface area contributed by atoms with Gasteiger partial charge in [0.1, 0.15) is 0 Å². The number of hydrogen-bond donors (Lipinski definition) is 2. The van der Waals surface area contributed by atoms with E-state index in [-0.39, 0.29) is 5.91 Å². The van der Waals surface area contributed by atoms with Gasteiger partial charge in [0.2, 0.25) is 0 Å². The highest BCUT2D eigenvalue weighted by Gasteiger charge is 2.26. The molecule has 6 heteroatoms. The number of aromatic nitrogens is 2. The lowest BCUT2D eigenvalue weighted by Gasteiger charge is -2.18. The summed E-state index contributed by atoms with van der Waals surface area (Å²) in [7, 11) is 0. The average molecular weight is 267 g/mol. The van der Waals surface area contributed by atoms with E-state index < -0.39 is 11.4 Å². The third-order valence-electron chi connectivity index (χ3n) is 2.96. The Kier molecular flexibility index (Phi) is 5.09. The van der Waals surface area contributed by atoms with E-state index in [1.165, 1.54) is 6.20 Å². The molecule has 0 radical (unpaired) electrons. The quantitative estimate of drug-likeness (QED) is 0.784. The number of aliphatic carboxylic acids is 1. The second-order valence-corrected chi connectivity index (χ2v) is 5.19. The van der Waals surface area contributed by atoms with Crippen LogP contribution in [-0.4, -0.2) is 33.3 Å². The first-order valence-electron chi connectivity index (χ1n) is 6.41. The molecule has 2 N–H and O–H groups in total. The van der Waals surface area contributed by atoms with Crippen molar-refractivity contribution in [3.05, 3.63) is 18.0 Å². The SMILES string of the molecule is CCCn1cc(C(=O)NCCC(C)(C)C(=O)O)cn1. The highest BCUT2D eigenvalue weighted by molar-refractivity contribution is 5.93. The second-order valence-electron chi connectivity index (χ2n) is 5.19. The van der Waals surface area contributed by atoms with Crippen LogP contribution in [0.4, 0.5) is 0 Å². The first-order valence-corrected chi connectivity index (χ1v) is 6.41. The van der Waals surface area contributed by atoms with E-state index in [0.29, 0.717) is 18.5 Å². The van der Waals surface area contributed by atoms with Crippen molar-refractivity contribution >= 4 is 11.9 Å². The van der Waals surface area contributed by atoms with Crippen molar-refractivity contribution in [3.63, 3.8) is 0 Å². The standard InChI is InChI=1S/C13H21N3O3/c1-4-7-16-9-10(8-15-16)11(17)14-6-5-13(2,3)12(18)19/h8-9H,4-7H2,1-3H3,(H,14,17)(H,18,19). The molecule has 19 heavy (non-hydrogen) atoms. The Hall–Kier alpha value is -1.85. The number of carboxylic acids is 1. The lowest BCUT2D eigenvalue weighted by Crippen LogP contribution is -2.31. The van der Waals surface area contributed by atoms with Gasteiger partial charge in [-0.25, -0.2) is 0 Å². The van der Waals surface area contributed by atoms with Gasteiger partial charge in [0.25, 0.3) is 5.91 Å². The van der Waals surface area contributed by atoms with Gasteiger partial charge in [-0.1, -0.05) is 6.92 Å². The number of nitrogens with zero attached hydrogens (tertiary/aromatic N) is 2. The van der Waals surface area contributed by atoms with Crippen LogP contribution in [0.2, 0.25) is 0 Å². The summed E-state index contributed by atoms with van der Waals surface area (Å²) >= 11 is 0. The maximum atomic E-state index is 11.8. The number of rotatable bonds is 7. The zero-order valence-corrected chi connectivity index (χ0v) is 11.6. The minimum absolute atomic E-state index is 0.219. The molecule has 6 nitrogen and oxygen atoms in total. The van der Waals surface area contributed by atoms with E-state index in [1.54, 1.807) is 24.7 Å². The van der Waals surface area contributed by atoms with Crippen LogP contribution in [0.15, 0.2) is 12.4 Å². The van der Waals surface area contributed by atoms with Gasteiger partial charge in [0.05, 0.1) is 17.2 Å². The number of aryl methyl sites for hydroxylation is 1. The fourth-order valence-electron chi connectivity index (χ4n) is 1.53. The smallest absolute Gasteiger partial charge is 0.309 e. The van der Waals surface area contributed by atoms with Gasteiger partial charge < -0.3 is 10.4 Å². The molecule has 0 aliphatic heterocycles. The van der Waals surface area contributed by atoms with E-state index in [2.05, 4.69) is 10.4 Å². The lowest BCUT2D eigenvalue weighted by atomic mass is 9.90. The Balaban J connectivity index is 2.45. The van der Waals surface area contributed by atoms with Crippen LogP contribution in [-0.2, 0) is 11.3 Å². The predicted octanol–water partition coefficient (Wildman–Crippen LogP) is 1.52. The summed E-state index contributed by atoms with van der Waals surface area (Å²) in [4.78, 5) is 22.7. The van der Waals surface area contributed by atoms with Crippen molar-refractivity contribution in [3.8, 4) is 0 Å². The van der Waals surface area contributed by atoms with Crippen LogP contribution in [0.3, 0.4) is 0 Å². The average Bonchev–Trinajstić information content (AvgIpc) is 2.77. The molecule has 0 aliphatic carbocycles. The molecular weight excluding hydrogens is 246 g/mol. The van der Waals surface area contributed by atoms with Crippen molar-refractivity contribution < 1.29 is 14.7 Å². The number of carbonyl (C=O) groups excluding carboxylic acids is 1. The van der Waals surface area contributed by atoms with E-state index in [4.69, 9.17) is 5.11 Å². The molecule has 0 saturated heterocycles. The highest BCUT2D eigenvalue weighted by Crippen LogP contribution is 2.19. The minimum atomic E-state index is -0.863. The number of nitrogens with one attached hydrogen (secondary N) is 1. The summed E-state index contributed by atoms with van der Waals surface area (Å²) < 4.78 is 1.72. The predicted molar refractivity (Wildman–Crippen MR) is 70.9 cm³/mol. The molecule has 0 aromatic carbocycles. The van der Waals surface area contributed by atoms with Crippen LogP contribution in [0, 0.1) is 5.41 Å². The lowest BCUT2D eigenvalue weighted by molar-refractivity contribution is -0.147. The van der Waals surface area contributed by atoms with E-state index in [0.717, 1.165) is 13.0 Å². The van der Waals surface area contributed by atoms with E-state index in [9.17, 15) is 9.59 Å². The molecule has 0 bridgehead atoms. The molecule has 106 valence electrons. The molecule has 0 aliphatic rings. The first kappa shape index (κ1) is 15.2. The Bertz CT molecular complexity index is 452. The van der Waals surface area contributed by atoms with Crippen LogP contribution in [0.1, 0.15) is 44.0 Å². The van der Waals surface area contributed by atoms with E-state index >= 15 is 0 Å². The van der Waals surface area contributed by atoms with Crippen LogP contribution < -0.4 is 5.32 Å². The third-order valence-corrected chi connectivity index (χ3v) is 2.96. The van der Waals surface area contributed by atoms with Crippen molar-refractivity contribution in [1.82, 2.24) is 15.1 Å². The van der Waals surface area contributed by atoms with Crippen LogP contribution >= 0.6 is 0 Å². The first-order chi connectivity index (χ1) is 8.86. The largest absolute Gasteiger partial charge is 0.481 e. The van der Waals surface area contributed by atoms with Gasteiger partial charge in [-0.3, -0.25) is 14.3 Å². The van der Waals surface area contributed by atoms with Gasteiger partial charge in [0, 0.05) is 19.3 Å². The number of amides is 1. The third kappa shape index (κ3) is 4.39. The fraction of sp³-hybridized carbons (Fsp3) is 0.615. The molecule has 1 aromatic heterocycles. The molecule has 0 fully saturated rings. The minimum Gasteiger partial charge on any atom is -0.481 e. The molecule has 0 atom stereocenters. The van der Waals surface area contributed by atoms with Crippen LogP contribution in [0.5, 0.6) is 0 Å². The van der Waals surface area contributed by atoms with E-state index in [1.807, 2.05) is 6.92 Å². The zero-order chi connectivity index (χ0) is 14.5. The Morgan fingerprint density at radius 1 is 1.47 bits per heavy atom. The second kappa shape index (κ2) is 6.36. The molecule has 1 heterocycles. The summed E-state index contributed by atoms with van der Waals surface area (Å²) in [6, 6.07) is 0. The maximum absolute atomic E-state index is 11.8. The maximum Gasteiger partial charge on any atom is 0.309 e. The monoisotopic (exact) mass is 267 g/mol. The number of hydrogen-bond acceptors (Lipinski definition) is 3. The topological polar surface area (TPSA) is 84.2 Å². The summed E-state index contributed by atoms with van der Waals surface area (Å²) in [6.07, 6.45) is 4.56. The molecule has 1 amide bonds. The summed E-state index contributed by atoms with van der Waals surface area (Å²) in [5, 5.41) is 15.7. The summed E-state index contributed by atoms with van der Waals surface area (Å²) in [5.41, 5.74) is -0.332. The van der Waals surface area contributed by atoms with Crippen molar-refractivity contribution in [2.24, 2.45) is 5.41 Å². The van der Waals surface area contributed by atoms with Crippen LogP contribution in [0.25, 0.3) is 0 Å². The zero-order valence-electron chi connectivity index (χ0n) is 11.6. The summed E-state index contributed by atoms with van der Waals surface area (Å²) in [5.74, 6) is -1.08. The fourth-order valence-corrected chi connectivity index (χ4v) is 1.53. The van der Waals surface area contributed by atoms with Gasteiger partial charge in [-0.2, -0.15) is 5.10 Å². The molecule has 1 rings (SSSR count). The molecule has 1 aromatic rings. The molecular formula is C13H21N3O3. The van der Waals surface area contributed by atoms with Crippen molar-refractivity contribution in [1.29, 1.82) is 0 Å². The van der Waals surface area contributed by atoms with Gasteiger partial charge in [-0.05, 0) is 26.7 Å². The molecule has 0 unspecified atom stereocenters. The Morgan fingerprint density at radius 2 is 2.16 bits per heavy atom. The van der Waals surface area contributed by atoms with Gasteiger partial charge in [-0.15, -0.1) is 0 Å². The Labute approximate surface area is 112 Å². The van der Waals surface area contributed by atoms with Crippen molar-refractivity contribution in [2.45, 2.75) is 40.2 Å². The normalized spacial score (nSPS) is 11.3. The van der Waals surface area contributed by atoms with Gasteiger partial charge in [0.15, 0.2) is 0 Å². The number of carboxylic acid groups (broad SMARTS) is 1. The van der Waals surface area contributed by atoms with Crippen molar-refractivity contribution in [2.75, 3.05) is 6.54 Å². The Morgan fingerprint density at radius 3 is 2.74 bits per heavy atom. The molecule has 0 saturated carbocycles.